The van der Waals surface area contributed by atoms with Crippen LogP contribution in [0.4, 0.5) is 0 Å². The van der Waals surface area contributed by atoms with Crippen molar-refractivity contribution in [1.82, 2.24) is 5.01 Å². The molecular weight excluding hydrogens is 558 g/mol. The maximum Gasteiger partial charge on any atom is 0.469 e. The number of benzene rings is 4. The SMILES string of the molecule is O=NN(CC(=O)O)C(P(=O)(Oc1ccccc1)Oc1ccccc1)P(=O)(Oc1ccccc1)Oc1ccccc1. The third kappa shape index (κ3) is 7.28. The zero-order chi connectivity index (χ0) is 28.4. The Kier molecular flexibility index (Phi) is 9.22. The Bertz CT molecular complexity index is 1300. The van der Waals surface area contributed by atoms with E-state index in [1.807, 2.05) is 0 Å². The smallest absolute Gasteiger partial charge is 0.469 e. The number of carbonyl (C=O) groups is 1. The Morgan fingerprint density at radius 3 is 1.12 bits per heavy atom. The minimum atomic E-state index is -4.94. The second-order valence-electron chi connectivity index (χ2n) is 8.12. The first kappa shape index (κ1) is 28.4. The van der Waals surface area contributed by atoms with Gasteiger partial charge in [0.15, 0.2) is 0 Å². The number of nitroso groups, excluding NO2 is 1. The minimum Gasteiger partial charge on any atom is -0.480 e. The fourth-order valence-electron chi connectivity index (χ4n) is 3.53. The molecule has 0 bridgehead atoms. The summed E-state index contributed by atoms with van der Waals surface area (Å²) in [5, 5.41) is 12.6. The normalized spacial score (nSPS) is 11.3. The predicted molar refractivity (Wildman–Crippen MR) is 147 cm³/mol. The maximum absolute atomic E-state index is 14.9. The molecule has 13 heteroatoms. The van der Waals surface area contributed by atoms with Crippen molar-refractivity contribution in [3.63, 3.8) is 0 Å². The third-order valence-corrected chi connectivity index (χ3v) is 10.4. The van der Waals surface area contributed by atoms with Crippen LogP contribution in [-0.2, 0) is 13.9 Å². The minimum absolute atomic E-state index is 0.0129. The van der Waals surface area contributed by atoms with Gasteiger partial charge in [-0.25, -0.2) is 14.1 Å². The number of para-hydroxylation sites is 4. The maximum atomic E-state index is 14.9. The Hall–Kier alpha value is -4.59. The molecule has 40 heavy (non-hydrogen) atoms. The van der Waals surface area contributed by atoms with E-state index in [9.17, 15) is 23.9 Å². The lowest BCUT2D eigenvalue weighted by molar-refractivity contribution is -0.138. The first-order valence-corrected chi connectivity index (χ1v) is 15.0. The molecule has 4 aromatic carbocycles. The van der Waals surface area contributed by atoms with Crippen LogP contribution in [0, 0.1) is 4.91 Å². The Morgan fingerprint density at radius 2 is 0.900 bits per heavy atom. The molecule has 1 N–H and O–H groups in total. The van der Waals surface area contributed by atoms with Crippen LogP contribution in [0.3, 0.4) is 0 Å². The van der Waals surface area contributed by atoms with E-state index in [1.54, 1.807) is 72.8 Å². The summed E-state index contributed by atoms with van der Waals surface area (Å²) in [5.41, 5.74) is -2.28. The molecule has 4 rings (SSSR count). The molecule has 0 amide bonds. The van der Waals surface area contributed by atoms with Crippen LogP contribution in [0.2, 0.25) is 0 Å². The molecule has 0 aromatic heterocycles. The Labute approximate surface area is 229 Å². The van der Waals surface area contributed by atoms with Crippen molar-refractivity contribution in [2.75, 3.05) is 6.54 Å². The van der Waals surface area contributed by atoms with Gasteiger partial charge in [-0.2, -0.15) is 0 Å². The van der Waals surface area contributed by atoms with Gasteiger partial charge in [-0.1, -0.05) is 72.8 Å². The van der Waals surface area contributed by atoms with Crippen LogP contribution >= 0.6 is 15.2 Å². The Balaban J connectivity index is 1.94. The monoisotopic (exact) mass is 582 g/mol. The molecular formula is C27H24N2O9P2. The summed E-state index contributed by atoms with van der Waals surface area (Å²) >= 11 is 0. The van der Waals surface area contributed by atoms with Gasteiger partial charge in [-0.3, -0.25) is 4.79 Å². The average Bonchev–Trinajstić information content (AvgIpc) is 2.94. The van der Waals surface area contributed by atoms with Gasteiger partial charge >= 0.3 is 21.2 Å². The summed E-state index contributed by atoms with van der Waals surface area (Å²) in [7, 11) is -9.88. The molecule has 11 nitrogen and oxygen atoms in total. The van der Waals surface area contributed by atoms with Crippen LogP contribution < -0.4 is 18.1 Å². The number of rotatable bonds is 14. The van der Waals surface area contributed by atoms with Crippen LogP contribution in [0.5, 0.6) is 23.0 Å². The summed E-state index contributed by atoms with van der Waals surface area (Å²) in [6.45, 7) is -1.13. The van der Waals surface area contributed by atoms with Crippen molar-refractivity contribution in [3.05, 3.63) is 126 Å². The lowest BCUT2D eigenvalue weighted by Crippen LogP contribution is -2.39. The molecule has 0 heterocycles. The van der Waals surface area contributed by atoms with Crippen molar-refractivity contribution in [2.45, 2.75) is 5.52 Å². The van der Waals surface area contributed by atoms with Gasteiger partial charge in [0.05, 0.1) is 5.29 Å². The van der Waals surface area contributed by atoms with E-state index in [-0.39, 0.29) is 28.0 Å². The first-order chi connectivity index (χ1) is 19.3. The molecule has 0 fully saturated rings. The second-order valence-corrected chi connectivity index (χ2v) is 12.4. The lowest BCUT2D eigenvalue weighted by Gasteiger charge is -2.34. The van der Waals surface area contributed by atoms with Crippen LogP contribution in [0.25, 0.3) is 0 Å². The summed E-state index contributed by atoms with van der Waals surface area (Å²) < 4.78 is 53.0. The van der Waals surface area contributed by atoms with Gasteiger partial charge in [0.25, 0.3) is 5.52 Å². The number of hydrogen-bond acceptors (Lipinski definition) is 9. The topological polar surface area (TPSA) is 141 Å². The number of aliphatic carboxylic acids is 1. The highest BCUT2D eigenvalue weighted by Gasteiger charge is 2.60. The van der Waals surface area contributed by atoms with Crippen LogP contribution in [0.15, 0.2) is 127 Å². The zero-order valence-corrected chi connectivity index (χ0v) is 22.6. The molecule has 206 valence electrons. The van der Waals surface area contributed by atoms with Crippen molar-refractivity contribution >= 4 is 21.2 Å². The molecule has 0 spiro atoms. The summed E-state index contributed by atoms with van der Waals surface area (Å²) in [5.74, 6) is -1.49. The fourth-order valence-corrected chi connectivity index (χ4v) is 8.50. The van der Waals surface area contributed by atoms with E-state index < -0.39 is 33.2 Å². The lowest BCUT2D eigenvalue weighted by atomic mass is 10.3. The van der Waals surface area contributed by atoms with E-state index in [4.69, 9.17) is 18.1 Å². The van der Waals surface area contributed by atoms with Gasteiger partial charge in [-0.15, -0.1) is 4.91 Å². The van der Waals surface area contributed by atoms with E-state index >= 15 is 0 Å². The highest BCUT2D eigenvalue weighted by Crippen LogP contribution is 2.69. The number of carboxylic acid groups (broad SMARTS) is 1. The highest BCUT2D eigenvalue weighted by molar-refractivity contribution is 7.73. The fraction of sp³-hybridized carbons (Fsp3) is 0.0741. The van der Waals surface area contributed by atoms with E-state index in [1.165, 1.54) is 48.5 Å². The quantitative estimate of drug-likeness (QED) is 0.0935. The van der Waals surface area contributed by atoms with Crippen molar-refractivity contribution < 1.29 is 37.1 Å². The van der Waals surface area contributed by atoms with E-state index in [0.29, 0.717) is 0 Å². The highest BCUT2D eigenvalue weighted by atomic mass is 31.2. The summed E-state index contributed by atoms with van der Waals surface area (Å²) in [6.07, 6.45) is 0. The molecule has 0 aliphatic carbocycles. The molecule has 0 saturated heterocycles. The third-order valence-electron chi connectivity index (χ3n) is 5.14. The van der Waals surface area contributed by atoms with Gasteiger partial charge in [0, 0.05) is 0 Å². The molecule has 0 atom stereocenters. The number of nitrogens with zero attached hydrogens (tertiary/aromatic N) is 2. The Morgan fingerprint density at radius 1 is 0.625 bits per heavy atom. The molecule has 0 radical (unpaired) electrons. The van der Waals surface area contributed by atoms with Gasteiger partial charge in [0.1, 0.15) is 29.5 Å². The van der Waals surface area contributed by atoms with E-state index in [0.717, 1.165) is 0 Å². The molecule has 4 aromatic rings. The zero-order valence-electron chi connectivity index (χ0n) is 20.8. The van der Waals surface area contributed by atoms with Gasteiger partial charge in [-0.05, 0) is 48.5 Å². The first-order valence-electron chi connectivity index (χ1n) is 11.8. The number of carboxylic acids is 1. The standard InChI is InChI=1S/C27H24N2O9P2/c30-26(31)21-29(28-32)27(39(33,35-22-13-5-1-6-14-22)36-23-15-7-2-8-16-23)40(34,37-24-17-9-3-10-18-24)38-25-19-11-4-12-20-25/h1-20,27H,21H2,(H,30,31). The molecule has 0 unspecified atom stereocenters. The summed E-state index contributed by atoms with van der Waals surface area (Å²) in [6, 6.07) is 31.0. The van der Waals surface area contributed by atoms with Crippen molar-refractivity contribution in [3.8, 4) is 23.0 Å². The second kappa shape index (κ2) is 13.0. The van der Waals surface area contributed by atoms with Crippen LogP contribution in [-0.4, -0.2) is 28.2 Å². The van der Waals surface area contributed by atoms with Gasteiger partial charge in [0.2, 0.25) is 0 Å². The van der Waals surface area contributed by atoms with Crippen LogP contribution in [0.1, 0.15) is 0 Å². The molecule has 0 aliphatic heterocycles. The largest absolute Gasteiger partial charge is 0.480 e. The van der Waals surface area contributed by atoms with E-state index in [2.05, 4.69) is 5.29 Å². The van der Waals surface area contributed by atoms with Crippen molar-refractivity contribution in [1.29, 1.82) is 0 Å². The van der Waals surface area contributed by atoms with Crippen molar-refractivity contribution in [2.24, 2.45) is 5.29 Å². The summed E-state index contributed by atoms with van der Waals surface area (Å²) in [4.78, 5) is 23.9. The predicted octanol–water partition coefficient (Wildman–Crippen LogP) is 7.04. The van der Waals surface area contributed by atoms with Gasteiger partial charge < -0.3 is 23.2 Å². The molecule has 0 aliphatic rings. The number of hydrogen-bond donors (Lipinski definition) is 1. The molecule has 0 saturated carbocycles. The average molecular weight is 582 g/mol.